The highest BCUT2D eigenvalue weighted by atomic mass is 16.5. The summed E-state index contributed by atoms with van der Waals surface area (Å²) in [6.07, 6.45) is 0.727. The summed E-state index contributed by atoms with van der Waals surface area (Å²) in [6.45, 7) is 1.84. The Bertz CT molecular complexity index is 308. The van der Waals surface area contributed by atoms with Gasteiger partial charge in [-0.25, -0.2) is 0 Å². The van der Waals surface area contributed by atoms with Crippen LogP contribution in [0.5, 0.6) is 5.75 Å². The van der Waals surface area contributed by atoms with E-state index in [0.29, 0.717) is 17.0 Å². The van der Waals surface area contributed by atoms with Crippen LogP contribution in [0.1, 0.15) is 15.9 Å². The molecule has 3 nitrogen and oxygen atoms in total. The summed E-state index contributed by atoms with van der Waals surface area (Å²) < 4.78 is 4.98. The van der Waals surface area contributed by atoms with Crippen molar-refractivity contribution in [2.75, 3.05) is 12.8 Å². The second-order valence-electron chi connectivity index (χ2n) is 2.57. The summed E-state index contributed by atoms with van der Waals surface area (Å²) in [7, 11) is 1.56. The van der Waals surface area contributed by atoms with Crippen molar-refractivity contribution < 1.29 is 9.53 Å². The van der Waals surface area contributed by atoms with Gasteiger partial charge in [0.05, 0.1) is 7.11 Å². The minimum Gasteiger partial charge on any atom is -0.497 e. The Labute approximate surface area is 71.1 Å². The Morgan fingerprint density at radius 3 is 2.67 bits per heavy atom. The van der Waals surface area contributed by atoms with Crippen LogP contribution in [0.4, 0.5) is 5.69 Å². The Kier molecular flexibility index (Phi) is 2.33. The Morgan fingerprint density at radius 2 is 2.17 bits per heavy atom. The minimum atomic E-state index is 0.479. The van der Waals surface area contributed by atoms with E-state index in [1.807, 2.05) is 6.92 Å². The SMILES string of the molecule is COc1cc(C)c(N)c(C=O)c1. The Hall–Kier alpha value is -1.51. The van der Waals surface area contributed by atoms with Gasteiger partial charge in [-0.3, -0.25) is 4.79 Å². The van der Waals surface area contributed by atoms with Gasteiger partial charge in [-0.05, 0) is 24.6 Å². The third-order valence-corrected chi connectivity index (χ3v) is 1.76. The molecule has 2 N–H and O–H groups in total. The summed E-state index contributed by atoms with van der Waals surface area (Å²) in [4.78, 5) is 10.5. The molecule has 1 aromatic carbocycles. The highest BCUT2D eigenvalue weighted by Gasteiger charge is 2.03. The van der Waals surface area contributed by atoms with Gasteiger partial charge in [0, 0.05) is 11.3 Å². The van der Waals surface area contributed by atoms with Crippen molar-refractivity contribution >= 4 is 12.0 Å². The highest BCUT2D eigenvalue weighted by molar-refractivity contribution is 5.85. The van der Waals surface area contributed by atoms with E-state index in [-0.39, 0.29) is 0 Å². The number of ether oxygens (including phenoxy) is 1. The van der Waals surface area contributed by atoms with Crippen LogP contribution in [0, 0.1) is 6.92 Å². The lowest BCUT2D eigenvalue weighted by Gasteiger charge is -2.06. The van der Waals surface area contributed by atoms with Crippen molar-refractivity contribution in [3.8, 4) is 5.75 Å². The van der Waals surface area contributed by atoms with E-state index in [2.05, 4.69) is 0 Å². The largest absolute Gasteiger partial charge is 0.497 e. The zero-order chi connectivity index (χ0) is 9.14. The summed E-state index contributed by atoms with van der Waals surface area (Å²) in [5.41, 5.74) is 7.49. The normalized spacial score (nSPS) is 9.50. The average Bonchev–Trinajstić information content (AvgIpc) is 2.09. The number of hydrogen-bond donors (Lipinski definition) is 1. The number of aryl methyl sites for hydroxylation is 1. The van der Waals surface area contributed by atoms with Crippen LogP contribution in [0.25, 0.3) is 0 Å². The van der Waals surface area contributed by atoms with Gasteiger partial charge >= 0.3 is 0 Å². The van der Waals surface area contributed by atoms with Crippen LogP contribution in [0.2, 0.25) is 0 Å². The van der Waals surface area contributed by atoms with Gasteiger partial charge in [0.15, 0.2) is 6.29 Å². The van der Waals surface area contributed by atoms with Gasteiger partial charge in [0.25, 0.3) is 0 Å². The number of rotatable bonds is 2. The predicted molar refractivity (Wildman–Crippen MR) is 47.5 cm³/mol. The molecular weight excluding hydrogens is 154 g/mol. The molecule has 0 saturated carbocycles. The van der Waals surface area contributed by atoms with Crippen molar-refractivity contribution in [3.05, 3.63) is 23.3 Å². The fraction of sp³-hybridized carbons (Fsp3) is 0.222. The van der Waals surface area contributed by atoms with E-state index in [1.54, 1.807) is 19.2 Å². The summed E-state index contributed by atoms with van der Waals surface area (Å²) in [5, 5.41) is 0. The molecule has 0 fully saturated rings. The van der Waals surface area contributed by atoms with E-state index >= 15 is 0 Å². The molecule has 0 aliphatic carbocycles. The van der Waals surface area contributed by atoms with Crippen molar-refractivity contribution in [2.24, 2.45) is 0 Å². The fourth-order valence-electron chi connectivity index (χ4n) is 1.01. The lowest BCUT2D eigenvalue weighted by molar-refractivity contribution is 0.112. The number of carbonyl (C=O) groups is 1. The fourth-order valence-corrected chi connectivity index (χ4v) is 1.01. The minimum absolute atomic E-state index is 0.479. The maximum absolute atomic E-state index is 10.5. The molecule has 1 rings (SSSR count). The van der Waals surface area contributed by atoms with Crippen molar-refractivity contribution in [1.29, 1.82) is 0 Å². The molecule has 0 saturated heterocycles. The molecule has 0 amide bonds. The van der Waals surface area contributed by atoms with Gasteiger partial charge in [0.2, 0.25) is 0 Å². The van der Waals surface area contributed by atoms with Gasteiger partial charge in [-0.1, -0.05) is 0 Å². The molecule has 12 heavy (non-hydrogen) atoms. The molecule has 0 spiro atoms. The number of nitrogen functional groups attached to an aromatic ring is 1. The van der Waals surface area contributed by atoms with Crippen molar-refractivity contribution in [3.63, 3.8) is 0 Å². The first-order chi connectivity index (χ1) is 5.69. The van der Waals surface area contributed by atoms with Crippen LogP contribution in [0.3, 0.4) is 0 Å². The van der Waals surface area contributed by atoms with Crippen LogP contribution >= 0.6 is 0 Å². The molecule has 64 valence electrons. The summed E-state index contributed by atoms with van der Waals surface area (Å²) in [5.74, 6) is 0.656. The van der Waals surface area contributed by atoms with E-state index < -0.39 is 0 Å². The maximum atomic E-state index is 10.5. The molecule has 0 aliphatic rings. The summed E-state index contributed by atoms with van der Waals surface area (Å²) in [6, 6.07) is 3.41. The second-order valence-corrected chi connectivity index (χ2v) is 2.57. The van der Waals surface area contributed by atoms with Crippen LogP contribution in [0.15, 0.2) is 12.1 Å². The molecule has 0 aromatic heterocycles. The van der Waals surface area contributed by atoms with Crippen molar-refractivity contribution in [2.45, 2.75) is 6.92 Å². The Morgan fingerprint density at radius 1 is 1.50 bits per heavy atom. The summed E-state index contributed by atoms with van der Waals surface area (Å²) >= 11 is 0. The number of methoxy groups -OCH3 is 1. The number of nitrogens with two attached hydrogens (primary N) is 1. The molecule has 0 radical (unpaired) electrons. The number of aldehydes is 1. The van der Waals surface area contributed by atoms with Crippen LogP contribution in [-0.2, 0) is 0 Å². The molecule has 0 unspecified atom stereocenters. The second kappa shape index (κ2) is 3.26. The van der Waals surface area contributed by atoms with E-state index in [9.17, 15) is 4.79 Å². The van der Waals surface area contributed by atoms with E-state index in [1.165, 1.54) is 0 Å². The van der Waals surface area contributed by atoms with Gasteiger partial charge in [0.1, 0.15) is 5.75 Å². The van der Waals surface area contributed by atoms with Gasteiger partial charge in [-0.2, -0.15) is 0 Å². The predicted octanol–water partition coefficient (Wildman–Crippen LogP) is 1.40. The third-order valence-electron chi connectivity index (χ3n) is 1.76. The lowest BCUT2D eigenvalue weighted by Crippen LogP contribution is -1.97. The highest BCUT2D eigenvalue weighted by Crippen LogP contribution is 2.22. The molecule has 0 heterocycles. The first kappa shape index (κ1) is 8.59. The van der Waals surface area contributed by atoms with Crippen LogP contribution < -0.4 is 10.5 Å². The first-order valence-electron chi connectivity index (χ1n) is 3.58. The number of hydrogen-bond acceptors (Lipinski definition) is 3. The smallest absolute Gasteiger partial charge is 0.152 e. The standard InChI is InChI=1S/C9H11NO2/c1-6-3-8(12-2)4-7(5-11)9(6)10/h3-5H,10H2,1-2H3. The van der Waals surface area contributed by atoms with Crippen molar-refractivity contribution in [1.82, 2.24) is 0 Å². The van der Waals surface area contributed by atoms with E-state index in [0.717, 1.165) is 11.8 Å². The quantitative estimate of drug-likeness (QED) is 0.532. The molecule has 3 heteroatoms. The molecular formula is C9H11NO2. The molecule has 0 atom stereocenters. The molecule has 0 aliphatic heterocycles. The van der Waals surface area contributed by atoms with E-state index in [4.69, 9.17) is 10.5 Å². The molecule has 1 aromatic rings. The molecule has 0 bridgehead atoms. The monoisotopic (exact) mass is 165 g/mol. The zero-order valence-electron chi connectivity index (χ0n) is 7.13. The topological polar surface area (TPSA) is 52.3 Å². The lowest BCUT2D eigenvalue weighted by atomic mass is 10.1. The Balaban J connectivity index is 3.28. The number of anilines is 1. The third kappa shape index (κ3) is 1.39. The zero-order valence-corrected chi connectivity index (χ0v) is 7.13. The number of carbonyl (C=O) groups excluding carboxylic acids is 1. The maximum Gasteiger partial charge on any atom is 0.152 e. The van der Waals surface area contributed by atoms with Crippen LogP contribution in [-0.4, -0.2) is 13.4 Å². The van der Waals surface area contributed by atoms with Gasteiger partial charge in [-0.15, -0.1) is 0 Å². The average molecular weight is 165 g/mol. The first-order valence-corrected chi connectivity index (χ1v) is 3.58. The van der Waals surface area contributed by atoms with Gasteiger partial charge < -0.3 is 10.5 Å². The number of benzene rings is 1.